The number of carboxylic acid groups (broad SMARTS) is 1. The van der Waals surface area contributed by atoms with Crippen molar-refractivity contribution in [2.75, 3.05) is 6.61 Å². The van der Waals surface area contributed by atoms with Crippen LogP contribution in [0.1, 0.15) is 63.5 Å². The zero-order valence-electron chi connectivity index (χ0n) is 14.5. The summed E-state index contributed by atoms with van der Waals surface area (Å²) in [4.78, 5) is 33.7. The Labute approximate surface area is 141 Å². The van der Waals surface area contributed by atoms with E-state index in [1.165, 1.54) is 0 Å². The SMILES string of the molecule is CC(C)c1cccc(C(C)C)c1OC(=O)COC(=O)CCC(=O)O. The number of aliphatic carboxylic acids is 1. The molecule has 24 heavy (non-hydrogen) atoms. The van der Waals surface area contributed by atoms with Gasteiger partial charge in [0.25, 0.3) is 0 Å². The first-order valence-corrected chi connectivity index (χ1v) is 7.93. The molecule has 1 N–H and O–H groups in total. The van der Waals surface area contributed by atoms with E-state index in [2.05, 4.69) is 0 Å². The molecular formula is C18H24O6. The van der Waals surface area contributed by atoms with Gasteiger partial charge in [0.05, 0.1) is 12.8 Å². The molecule has 1 aromatic rings. The van der Waals surface area contributed by atoms with Gasteiger partial charge in [-0.1, -0.05) is 45.9 Å². The average molecular weight is 336 g/mol. The Balaban J connectivity index is 2.76. The predicted molar refractivity (Wildman–Crippen MR) is 88.1 cm³/mol. The minimum Gasteiger partial charge on any atom is -0.481 e. The molecule has 0 spiro atoms. The molecule has 132 valence electrons. The topological polar surface area (TPSA) is 89.9 Å². The molecule has 0 amide bonds. The van der Waals surface area contributed by atoms with E-state index >= 15 is 0 Å². The number of carbonyl (C=O) groups excluding carboxylic acids is 2. The highest BCUT2D eigenvalue weighted by Crippen LogP contribution is 2.34. The maximum Gasteiger partial charge on any atom is 0.349 e. The van der Waals surface area contributed by atoms with Crippen LogP contribution >= 0.6 is 0 Å². The van der Waals surface area contributed by atoms with Gasteiger partial charge in [-0.25, -0.2) is 4.79 Å². The predicted octanol–water partition coefficient (Wildman–Crippen LogP) is 3.25. The first-order valence-electron chi connectivity index (χ1n) is 7.93. The first kappa shape index (κ1) is 19.7. The zero-order valence-corrected chi connectivity index (χ0v) is 14.5. The van der Waals surface area contributed by atoms with Gasteiger partial charge >= 0.3 is 17.9 Å². The van der Waals surface area contributed by atoms with Crippen molar-refractivity contribution in [3.63, 3.8) is 0 Å². The molecular weight excluding hydrogens is 312 g/mol. The van der Waals surface area contributed by atoms with E-state index in [0.717, 1.165) is 11.1 Å². The van der Waals surface area contributed by atoms with E-state index in [0.29, 0.717) is 5.75 Å². The summed E-state index contributed by atoms with van der Waals surface area (Å²) in [6, 6.07) is 5.73. The summed E-state index contributed by atoms with van der Waals surface area (Å²) in [5, 5.41) is 8.50. The molecule has 0 radical (unpaired) electrons. The standard InChI is InChI=1S/C18H24O6/c1-11(2)13-6-5-7-14(12(3)4)18(13)24-17(22)10-23-16(21)9-8-15(19)20/h5-7,11-12H,8-10H2,1-4H3,(H,19,20). The summed E-state index contributed by atoms with van der Waals surface area (Å²) < 4.78 is 10.2. The molecule has 1 rings (SSSR count). The van der Waals surface area contributed by atoms with Crippen LogP contribution in [0.3, 0.4) is 0 Å². The lowest BCUT2D eigenvalue weighted by atomic mass is 9.94. The van der Waals surface area contributed by atoms with Gasteiger partial charge in [0.2, 0.25) is 0 Å². The van der Waals surface area contributed by atoms with Crippen molar-refractivity contribution < 1.29 is 29.0 Å². The second-order valence-corrected chi connectivity index (χ2v) is 6.10. The van der Waals surface area contributed by atoms with Crippen LogP contribution in [0.25, 0.3) is 0 Å². The number of benzene rings is 1. The highest BCUT2D eigenvalue weighted by molar-refractivity contribution is 5.80. The lowest BCUT2D eigenvalue weighted by Gasteiger charge is -2.18. The van der Waals surface area contributed by atoms with Gasteiger partial charge in [-0.05, 0) is 23.0 Å². The van der Waals surface area contributed by atoms with Gasteiger partial charge in [0, 0.05) is 0 Å². The third-order valence-electron chi connectivity index (χ3n) is 3.43. The van der Waals surface area contributed by atoms with E-state index in [1.54, 1.807) is 0 Å². The highest BCUT2D eigenvalue weighted by atomic mass is 16.6. The Morgan fingerprint density at radius 3 is 1.96 bits per heavy atom. The first-order chi connectivity index (χ1) is 11.2. The summed E-state index contributed by atoms with van der Waals surface area (Å²) in [6.07, 6.45) is -0.607. The minimum atomic E-state index is -1.10. The number of hydrogen-bond donors (Lipinski definition) is 1. The van der Waals surface area contributed by atoms with E-state index in [9.17, 15) is 14.4 Å². The molecule has 0 unspecified atom stereocenters. The van der Waals surface area contributed by atoms with E-state index in [-0.39, 0.29) is 24.7 Å². The molecule has 0 aliphatic rings. The number of carboxylic acids is 1. The smallest absolute Gasteiger partial charge is 0.349 e. The second-order valence-electron chi connectivity index (χ2n) is 6.10. The van der Waals surface area contributed by atoms with Crippen molar-refractivity contribution in [3.8, 4) is 5.75 Å². The molecule has 1 aromatic carbocycles. The maximum atomic E-state index is 12.0. The third-order valence-corrected chi connectivity index (χ3v) is 3.43. The molecule has 6 nitrogen and oxygen atoms in total. The summed E-state index contributed by atoms with van der Waals surface area (Å²) in [6.45, 7) is 7.47. The Morgan fingerprint density at radius 1 is 0.958 bits per heavy atom. The highest BCUT2D eigenvalue weighted by Gasteiger charge is 2.19. The monoisotopic (exact) mass is 336 g/mol. The Hall–Kier alpha value is -2.37. The number of ether oxygens (including phenoxy) is 2. The molecule has 0 aliphatic carbocycles. The van der Waals surface area contributed by atoms with E-state index < -0.39 is 24.5 Å². The molecule has 0 heterocycles. The van der Waals surface area contributed by atoms with Crippen LogP contribution in [-0.4, -0.2) is 29.6 Å². The van der Waals surface area contributed by atoms with Gasteiger partial charge in [-0.3, -0.25) is 9.59 Å². The Kier molecular flexibility index (Phi) is 7.42. The molecule has 0 aromatic heterocycles. The Bertz CT molecular complexity index is 577. The number of para-hydroxylation sites is 1. The largest absolute Gasteiger partial charge is 0.481 e. The van der Waals surface area contributed by atoms with E-state index in [1.807, 2.05) is 45.9 Å². The van der Waals surface area contributed by atoms with Gasteiger partial charge in [0.1, 0.15) is 5.75 Å². The molecule has 0 saturated carbocycles. The van der Waals surface area contributed by atoms with Crippen LogP contribution in [-0.2, 0) is 19.1 Å². The molecule has 6 heteroatoms. The fraction of sp³-hybridized carbons (Fsp3) is 0.500. The maximum absolute atomic E-state index is 12.0. The summed E-state index contributed by atoms with van der Waals surface area (Å²) in [5.74, 6) is -1.67. The third kappa shape index (κ3) is 6.02. The number of hydrogen-bond acceptors (Lipinski definition) is 5. The summed E-state index contributed by atoms with van der Waals surface area (Å²) >= 11 is 0. The molecule has 0 saturated heterocycles. The lowest BCUT2D eigenvalue weighted by Crippen LogP contribution is -2.20. The van der Waals surface area contributed by atoms with Crippen LogP contribution in [0.5, 0.6) is 5.75 Å². The molecule has 0 fully saturated rings. The van der Waals surface area contributed by atoms with Crippen LogP contribution in [0.15, 0.2) is 18.2 Å². The van der Waals surface area contributed by atoms with E-state index in [4.69, 9.17) is 14.6 Å². The number of esters is 2. The summed E-state index contributed by atoms with van der Waals surface area (Å²) in [7, 11) is 0. The Morgan fingerprint density at radius 2 is 1.50 bits per heavy atom. The lowest BCUT2D eigenvalue weighted by molar-refractivity contribution is -0.154. The minimum absolute atomic E-state index is 0.171. The number of carbonyl (C=O) groups is 3. The van der Waals surface area contributed by atoms with Crippen molar-refractivity contribution in [3.05, 3.63) is 29.3 Å². The van der Waals surface area contributed by atoms with Crippen molar-refractivity contribution >= 4 is 17.9 Å². The van der Waals surface area contributed by atoms with Crippen LogP contribution in [0.4, 0.5) is 0 Å². The van der Waals surface area contributed by atoms with Gasteiger partial charge in [-0.2, -0.15) is 0 Å². The van der Waals surface area contributed by atoms with Gasteiger partial charge in [-0.15, -0.1) is 0 Å². The van der Waals surface area contributed by atoms with Gasteiger partial charge in [0.15, 0.2) is 6.61 Å². The van der Waals surface area contributed by atoms with Crippen molar-refractivity contribution in [2.45, 2.75) is 52.4 Å². The molecule has 0 bridgehead atoms. The van der Waals surface area contributed by atoms with Gasteiger partial charge < -0.3 is 14.6 Å². The zero-order chi connectivity index (χ0) is 18.3. The summed E-state index contributed by atoms with van der Waals surface area (Å²) in [5.41, 5.74) is 1.82. The van der Waals surface area contributed by atoms with Crippen molar-refractivity contribution in [1.29, 1.82) is 0 Å². The van der Waals surface area contributed by atoms with Crippen LogP contribution in [0.2, 0.25) is 0 Å². The molecule has 0 aliphatic heterocycles. The van der Waals surface area contributed by atoms with Crippen molar-refractivity contribution in [1.82, 2.24) is 0 Å². The number of rotatable bonds is 8. The quantitative estimate of drug-likeness (QED) is 0.579. The molecule has 0 atom stereocenters. The van der Waals surface area contributed by atoms with Crippen LogP contribution in [0, 0.1) is 0 Å². The second kappa shape index (κ2) is 9.05. The van der Waals surface area contributed by atoms with Crippen molar-refractivity contribution in [2.24, 2.45) is 0 Å². The fourth-order valence-corrected chi connectivity index (χ4v) is 2.16. The normalized spacial score (nSPS) is 10.8. The van der Waals surface area contributed by atoms with Crippen LogP contribution < -0.4 is 4.74 Å². The average Bonchev–Trinajstić information content (AvgIpc) is 2.50. The fourth-order valence-electron chi connectivity index (χ4n) is 2.16.